The molecule has 1 aromatic carbocycles. The van der Waals surface area contributed by atoms with E-state index in [2.05, 4.69) is 17.9 Å². The van der Waals surface area contributed by atoms with Gasteiger partial charge in [-0.25, -0.2) is 0 Å². The van der Waals surface area contributed by atoms with Crippen LogP contribution in [-0.4, -0.2) is 55.1 Å². The molecule has 3 atom stereocenters. The van der Waals surface area contributed by atoms with Gasteiger partial charge in [0.25, 0.3) is 0 Å². The van der Waals surface area contributed by atoms with Gasteiger partial charge in [0.1, 0.15) is 18.5 Å². The minimum absolute atomic E-state index is 0.204. The van der Waals surface area contributed by atoms with E-state index in [1.807, 2.05) is 7.05 Å². The Morgan fingerprint density at radius 2 is 2.38 bits per heavy atom. The van der Waals surface area contributed by atoms with Gasteiger partial charge >= 0.3 is 0 Å². The number of rotatable bonds is 6. The van der Waals surface area contributed by atoms with Crippen molar-refractivity contribution in [2.45, 2.75) is 31.6 Å². The summed E-state index contributed by atoms with van der Waals surface area (Å²) >= 11 is 0. The number of likely N-dealkylation sites (N-methyl/N-ethyl adjacent to an activating group) is 1. The molecule has 1 aliphatic rings. The van der Waals surface area contributed by atoms with Crippen molar-refractivity contribution in [2.24, 2.45) is 0 Å². The minimum Gasteiger partial charge on any atom is -0.491 e. The highest BCUT2D eigenvalue weighted by atomic mass is 16.5. The van der Waals surface area contributed by atoms with Gasteiger partial charge in [-0.3, -0.25) is 4.90 Å². The zero-order valence-electron chi connectivity index (χ0n) is 12.5. The summed E-state index contributed by atoms with van der Waals surface area (Å²) < 4.78 is 11.1. The molecule has 0 radical (unpaired) electrons. The molecular formula is C16H22N2O3. The molecule has 2 rings (SSSR count). The number of nitrogens with zero attached hydrogens (tertiary/aromatic N) is 2. The van der Waals surface area contributed by atoms with Crippen molar-refractivity contribution in [3.63, 3.8) is 0 Å². The predicted molar refractivity (Wildman–Crippen MR) is 79.1 cm³/mol. The lowest BCUT2D eigenvalue weighted by molar-refractivity contribution is 0.0401. The molecule has 0 spiro atoms. The van der Waals surface area contributed by atoms with E-state index in [9.17, 15) is 5.11 Å². The van der Waals surface area contributed by atoms with Crippen LogP contribution in [0.5, 0.6) is 5.75 Å². The van der Waals surface area contributed by atoms with E-state index in [1.165, 1.54) is 0 Å². The Hall–Kier alpha value is -1.61. The average Bonchev–Trinajstić information content (AvgIpc) is 2.91. The van der Waals surface area contributed by atoms with Crippen LogP contribution < -0.4 is 4.74 Å². The van der Waals surface area contributed by atoms with Crippen molar-refractivity contribution >= 4 is 0 Å². The molecular weight excluding hydrogens is 268 g/mol. The second kappa shape index (κ2) is 7.41. The van der Waals surface area contributed by atoms with Crippen LogP contribution in [0.3, 0.4) is 0 Å². The van der Waals surface area contributed by atoms with Gasteiger partial charge in [0.2, 0.25) is 0 Å². The van der Waals surface area contributed by atoms with Gasteiger partial charge in [0, 0.05) is 19.2 Å². The van der Waals surface area contributed by atoms with Crippen LogP contribution in [0.25, 0.3) is 0 Å². The topological polar surface area (TPSA) is 65.7 Å². The highest BCUT2D eigenvalue weighted by Crippen LogP contribution is 2.18. The van der Waals surface area contributed by atoms with E-state index in [0.29, 0.717) is 23.9 Å². The molecule has 1 N–H and O–H groups in total. The highest BCUT2D eigenvalue weighted by molar-refractivity contribution is 5.36. The summed E-state index contributed by atoms with van der Waals surface area (Å²) in [5.41, 5.74) is 0.552. The van der Waals surface area contributed by atoms with Gasteiger partial charge in [-0.1, -0.05) is 6.07 Å². The number of benzene rings is 1. The molecule has 1 fully saturated rings. The number of aliphatic hydroxyl groups excluding tert-OH is 1. The molecule has 3 unspecified atom stereocenters. The molecule has 0 aromatic heterocycles. The Kier molecular flexibility index (Phi) is 5.57. The first-order valence-corrected chi connectivity index (χ1v) is 7.23. The smallest absolute Gasteiger partial charge is 0.120 e. The maximum atomic E-state index is 10.1. The van der Waals surface area contributed by atoms with Crippen molar-refractivity contribution in [1.29, 1.82) is 5.26 Å². The summed E-state index contributed by atoms with van der Waals surface area (Å²) in [7, 11) is 2.00. The Bertz CT molecular complexity index is 501. The predicted octanol–water partition coefficient (Wildman–Crippen LogP) is 1.41. The lowest BCUT2D eigenvalue weighted by Gasteiger charge is -2.28. The Balaban J connectivity index is 1.79. The third-order valence-corrected chi connectivity index (χ3v) is 3.81. The Morgan fingerprint density at radius 3 is 3.05 bits per heavy atom. The molecule has 0 amide bonds. The number of aliphatic hydroxyl groups is 1. The van der Waals surface area contributed by atoms with Gasteiger partial charge in [0.05, 0.1) is 17.7 Å². The zero-order valence-corrected chi connectivity index (χ0v) is 12.5. The molecule has 0 bridgehead atoms. The third-order valence-electron chi connectivity index (χ3n) is 3.81. The molecule has 0 aliphatic carbocycles. The molecule has 5 nitrogen and oxygen atoms in total. The first-order chi connectivity index (χ1) is 10.1. The molecule has 1 heterocycles. The van der Waals surface area contributed by atoms with Gasteiger partial charge in [-0.2, -0.15) is 5.26 Å². The van der Waals surface area contributed by atoms with E-state index in [1.54, 1.807) is 24.3 Å². The summed E-state index contributed by atoms with van der Waals surface area (Å²) in [4.78, 5) is 2.12. The van der Waals surface area contributed by atoms with E-state index < -0.39 is 6.10 Å². The van der Waals surface area contributed by atoms with Crippen molar-refractivity contribution in [2.75, 3.05) is 26.8 Å². The van der Waals surface area contributed by atoms with E-state index >= 15 is 0 Å². The summed E-state index contributed by atoms with van der Waals surface area (Å²) in [6, 6.07) is 9.35. The first kappa shape index (κ1) is 15.8. The van der Waals surface area contributed by atoms with Crippen molar-refractivity contribution in [3.8, 4) is 11.8 Å². The summed E-state index contributed by atoms with van der Waals surface area (Å²) in [5, 5.41) is 18.9. The highest BCUT2D eigenvalue weighted by Gasteiger charge is 2.28. The molecule has 1 aliphatic heterocycles. The quantitative estimate of drug-likeness (QED) is 0.858. The van der Waals surface area contributed by atoms with Gasteiger partial charge in [0.15, 0.2) is 0 Å². The third kappa shape index (κ3) is 4.43. The van der Waals surface area contributed by atoms with Crippen LogP contribution >= 0.6 is 0 Å². The molecule has 114 valence electrons. The largest absolute Gasteiger partial charge is 0.491 e. The minimum atomic E-state index is -0.575. The molecule has 1 saturated heterocycles. The maximum Gasteiger partial charge on any atom is 0.120 e. The van der Waals surface area contributed by atoms with Crippen LogP contribution in [0.2, 0.25) is 0 Å². The normalized spacial score (nSPS) is 23.0. The second-order valence-corrected chi connectivity index (χ2v) is 5.48. The van der Waals surface area contributed by atoms with Crippen LogP contribution in [0, 0.1) is 11.3 Å². The Labute approximate surface area is 125 Å². The van der Waals surface area contributed by atoms with Crippen LogP contribution in [0.1, 0.15) is 18.9 Å². The van der Waals surface area contributed by atoms with Gasteiger partial charge < -0.3 is 14.6 Å². The van der Waals surface area contributed by atoms with Gasteiger partial charge in [-0.05, 0) is 38.6 Å². The van der Waals surface area contributed by atoms with Crippen molar-refractivity contribution in [3.05, 3.63) is 29.8 Å². The number of hydrogen-bond donors (Lipinski definition) is 1. The van der Waals surface area contributed by atoms with Crippen LogP contribution in [0.15, 0.2) is 24.3 Å². The van der Waals surface area contributed by atoms with Gasteiger partial charge in [-0.15, -0.1) is 0 Å². The van der Waals surface area contributed by atoms with Crippen molar-refractivity contribution < 1.29 is 14.6 Å². The van der Waals surface area contributed by atoms with Crippen LogP contribution in [0.4, 0.5) is 0 Å². The maximum absolute atomic E-state index is 10.1. The summed E-state index contributed by atoms with van der Waals surface area (Å²) in [6.07, 6.45) is 0.624. The fourth-order valence-corrected chi connectivity index (χ4v) is 2.67. The Morgan fingerprint density at radius 1 is 1.57 bits per heavy atom. The molecule has 5 heteroatoms. The monoisotopic (exact) mass is 290 g/mol. The fourth-order valence-electron chi connectivity index (χ4n) is 2.67. The standard InChI is InChI=1S/C16H22N2O3/c1-12-16(6-7-20-12)18(2)10-14(19)11-21-15-5-3-4-13(8-15)9-17/h3-5,8,12,14,16,19H,6-7,10-11H2,1-2H3. The first-order valence-electron chi connectivity index (χ1n) is 7.23. The van der Waals surface area contributed by atoms with E-state index in [0.717, 1.165) is 13.0 Å². The number of ether oxygens (including phenoxy) is 2. The zero-order chi connectivity index (χ0) is 15.2. The summed E-state index contributed by atoms with van der Waals surface area (Å²) in [6.45, 7) is 3.59. The molecule has 0 saturated carbocycles. The molecule has 1 aromatic rings. The SMILES string of the molecule is CC1OCCC1N(C)CC(O)COc1cccc(C#N)c1. The fraction of sp³-hybridized carbons (Fsp3) is 0.562. The summed E-state index contributed by atoms with van der Waals surface area (Å²) in [5.74, 6) is 0.605. The number of nitriles is 1. The average molecular weight is 290 g/mol. The number of hydrogen-bond acceptors (Lipinski definition) is 5. The van der Waals surface area contributed by atoms with Crippen LogP contribution in [-0.2, 0) is 4.74 Å². The van der Waals surface area contributed by atoms with E-state index in [4.69, 9.17) is 14.7 Å². The lowest BCUT2D eigenvalue weighted by Crippen LogP contribution is -2.42. The van der Waals surface area contributed by atoms with E-state index in [-0.39, 0.29) is 12.7 Å². The lowest BCUT2D eigenvalue weighted by atomic mass is 10.1. The second-order valence-electron chi connectivity index (χ2n) is 5.48. The molecule has 21 heavy (non-hydrogen) atoms. The van der Waals surface area contributed by atoms with Crippen molar-refractivity contribution in [1.82, 2.24) is 4.90 Å².